The summed E-state index contributed by atoms with van der Waals surface area (Å²) in [6.07, 6.45) is 1.16. The van der Waals surface area contributed by atoms with E-state index in [1.165, 1.54) is 9.58 Å². The fourth-order valence-corrected chi connectivity index (χ4v) is 3.75. The molecule has 0 spiro atoms. The van der Waals surface area contributed by atoms with Crippen LogP contribution in [0.5, 0.6) is 0 Å². The lowest BCUT2D eigenvalue weighted by molar-refractivity contribution is -0.149. The molecule has 28 heavy (non-hydrogen) atoms. The maximum absolute atomic E-state index is 14.9. The minimum atomic E-state index is -3.11. The molecule has 0 aliphatic carbocycles. The van der Waals surface area contributed by atoms with Gasteiger partial charge in [-0.05, 0) is 19.8 Å². The molecule has 0 radical (unpaired) electrons. The van der Waals surface area contributed by atoms with Crippen molar-refractivity contribution >= 4 is 12.1 Å². The van der Waals surface area contributed by atoms with Gasteiger partial charge in [0.2, 0.25) is 0 Å². The van der Waals surface area contributed by atoms with Crippen LogP contribution in [0.2, 0.25) is 0 Å². The zero-order valence-corrected chi connectivity index (χ0v) is 16.4. The highest BCUT2D eigenvalue weighted by Gasteiger charge is 2.45. The molecule has 1 aromatic heterocycles. The number of ether oxygens (including phenoxy) is 2. The van der Waals surface area contributed by atoms with Gasteiger partial charge >= 0.3 is 12.1 Å². The fraction of sp³-hybridized carbons (Fsp3) is 0.737. The Morgan fingerprint density at radius 2 is 2.07 bits per heavy atom. The second kappa shape index (κ2) is 8.45. The molecular weight excluding hydrogens is 372 g/mol. The molecule has 3 rings (SSSR count). The van der Waals surface area contributed by atoms with Crippen molar-refractivity contribution in [2.24, 2.45) is 5.92 Å². The van der Waals surface area contributed by atoms with Crippen LogP contribution in [-0.2, 0) is 39.7 Å². The standard InChI is InChI=1S/C19H27F2N3O4/c1-3-5-10-28-18(26)23-9-7-15-14(12-23)16-19(20,21)8-6-13(11-24(16)22-15)17(25)27-4-2/h13H,3-12H2,1-2H3. The molecule has 2 aliphatic heterocycles. The van der Waals surface area contributed by atoms with E-state index in [1.54, 1.807) is 6.92 Å². The summed E-state index contributed by atoms with van der Waals surface area (Å²) in [6.45, 7) is 4.71. The summed E-state index contributed by atoms with van der Waals surface area (Å²) in [5.41, 5.74) is 0.769. The van der Waals surface area contributed by atoms with Gasteiger partial charge in [0, 0.05) is 24.9 Å². The third-order valence-electron chi connectivity index (χ3n) is 5.25. The van der Waals surface area contributed by atoms with Gasteiger partial charge in [-0.1, -0.05) is 13.3 Å². The normalized spacial score (nSPS) is 20.7. The molecule has 0 aromatic carbocycles. The Hall–Kier alpha value is -2.19. The lowest BCUT2D eigenvalue weighted by Crippen LogP contribution is -2.37. The molecule has 7 nitrogen and oxygen atoms in total. The van der Waals surface area contributed by atoms with Crippen molar-refractivity contribution in [3.05, 3.63) is 17.0 Å². The monoisotopic (exact) mass is 399 g/mol. The van der Waals surface area contributed by atoms with Crippen molar-refractivity contribution in [1.29, 1.82) is 0 Å². The van der Waals surface area contributed by atoms with Crippen molar-refractivity contribution in [1.82, 2.24) is 14.7 Å². The Labute approximate surface area is 163 Å². The summed E-state index contributed by atoms with van der Waals surface area (Å²) in [5.74, 6) is -4.24. The number of carbonyl (C=O) groups is 2. The van der Waals surface area contributed by atoms with Gasteiger partial charge in [-0.15, -0.1) is 0 Å². The van der Waals surface area contributed by atoms with E-state index in [-0.39, 0.29) is 31.8 Å². The van der Waals surface area contributed by atoms with Gasteiger partial charge in [0.05, 0.1) is 37.9 Å². The number of aromatic nitrogens is 2. The summed E-state index contributed by atoms with van der Waals surface area (Å²) in [5, 5.41) is 4.36. The molecular formula is C19H27F2N3O4. The van der Waals surface area contributed by atoms with Crippen LogP contribution in [-0.4, -0.2) is 46.5 Å². The highest BCUT2D eigenvalue weighted by atomic mass is 19.3. The maximum atomic E-state index is 14.9. The van der Waals surface area contributed by atoms with Crippen LogP contribution in [0.15, 0.2) is 0 Å². The fourth-order valence-electron chi connectivity index (χ4n) is 3.75. The molecule has 0 saturated carbocycles. The van der Waals surface area contributed by atoms with Gasteiger partial charge in [-0.3, -0.25) is 9.48 Å². The number of carbonyl (C=O) groups excluding carboxylic acids is 2. The summed E-state index contributed by atoms with van der Waals surface area (Å²) in [4.78, 5) is 25.8. The van der Waals surface area contributed by atoms with Crippen molar-refractivity contribution in [2.75, 3.05) is 19.8 Å². The van der Waals surface area contributed by atoms with E-state index < -0.39 is 30.3 Å². The van der Waals surface area contributed by atoms with Crippen LogP contribution in [0.1, 0.15) is 56.5 Å². The first kappa shape index (κ1) is 20.5. The van der Waals surface area contributed by atoms with E-state index in [4.69, 9.17) is 9.47 Å². The number of halogens is 2. The lowest BCUT2D eigenvalue weighted by atomic mass is 9.98. The first-order valence-corrected chi connectivity index (χ1v) is 9.92. The zero-order chi connectivity index (χ0) is 20.3. The molecule has 0 fully saturated rings. The van der Waals surface area contributed by atoms with Crippen LogP contribution in [0.4, 0.5) is 13.6 Å². The zero-order valence-electron chi connectivity index (χ0n) is 16.4. The van der Waals surface area contributed by atoms with Gasteiger partial charge in [0.25, 0.3) is 5.92 Å². The first-order valence-electron chi connectivity index (χ1n) is 9.92. The van der Waals surface area contributed by atoms with Crippen molar-refractivity contribution in [2.45, 2.75) is 65.0 Å². The van der Waals surface area contributed by atoms with E-state index in [1.807, 2.05) is 6.92 Å². The van der Waals surface area contributed by atoms with Crippen molar-refractivity contribution in [3.8, 4) is 0 Å². The van der Waals surface area contributed by atoms with Gasteiger partial charge in [0.15, 0.2) is 0 Å². The summed E-state index contributed by atoms with van der Waals surface area (Å²) in [6, 6.07) is 0. The number of amides is 1. The number of hydrogen-bond acceptors (Lipinski definition) is 5. The smallest absolute Gasteiger partial charge is 0.410 e. The molecule has 1 unspecified atom stereocenters. The molecule has 1 atom stereocenters. The van der Waals surface area contributed by atoms with E-state index >= 15 is 0 Å². The minimum absolute atomic E-state index is 0.0345. The third kappa shape index (κ3) is 4.12. The summed E-state index contributed by atoms with van der Waals surface area (Å²) in [7, 11) is 0. The van der Waals surface area contributed by atoms with E-state index in [9.17, 15) is 18.4 Å². The largest absolute Gasteiger partial charge is 0.466 e. The number of nitrogens with zero attached hydrogens (tertiary/aromatic N) is 3. The predicted octanol–water partition coefficient (Wildman–Crippen LogP) is 3.24. The number of rotatable bonds is 5. The molecule has 0 saturated heterocycles. The van der Waals surface area contributed by atoms with Crippen LogP contribution in [0, 0.1) is 5.92 Å². The number of unbranched alkanes of at least 4 members (excludes halogenated alkanes) is 1. The summed E-state index contributed by atoms with van der Waals surface area (Å²) >= 11 is 0. The van der Waals surface area contributed by atoms with Gasteiger partial charge in [0.1, 0.15) is 5.69 Å². The average molecular weight is 399 g/mol. The van der Waals surface area contributed by atoms with Crippen LogP contribution >= 0.6 is 0 Å². The Kier molecular flexibility index (Phi) is 6.20. The minimum Gasteiger partial charge on any atom is -0.466 e. The molecule has 2 aliphatic rings. The van der Waals surface area contributed by atoms with Gasteiger partial charge in [-0.2, -0.15) is 13.9 Å². The number of esters is 1. The topological polar surface area (TPSA) is 73.7 Å². The highest BCUT2D eigenvalue weighted by molar-refractivity contribution is 5.72. The second-order valence-electron chi connectivity index (χ2n) is 7.29. The molecule has 3 heterocycles. The average Bonchev–Trinajstić information content (AvgIpc) is 2.96. The van der Waals surface area contributed by atoms with E-state index in [2.05, 4.69) is 5.10 Å². The van der Waals surface area contributed by atoms with Crippen LogP contribution in [0.3, 0.4) is 0 Å². The molecule has 0 N–H and O–H groups in total. The highest BCUT2D eigenvalue weighted by Crippen LogP contribution is 2.41. The lowest BCUT2D eigenvalue weighted by Gasteiger charge is -2.27. The number of hydrogen-bond donors (Lipinski definition) is 0. The Morgan fingerprint density at radius 3 is 2.79 bits per heavy atom. The Bertz CT molecular complexity index is 735. The summed E-state index contributed by atoms with van der Waals surface area (Å²) < 4.78 is 41.4. The van der Waals surface area contributed by atoms with Gasteiger partial charge in [-0.25, -0.2) is 4.79 Å². The number of fused-ring (bicyclic) bond motifs is 3. The predicted molar refractivity (Wildman–Crippen MR) is 95.8 cm³/mol. The number of alkyl halides is 2. The molecule has 1 aromatic rings. The maximum Gasteiger partial charge on any atom is 0.410 e. The third-order valence-corrected chi connectivity index (χ3v) is 5.25. The van der Waals surface area contributed by atoms with Gasteiger partial charge < -0.3 is 14.4 Å². The van der Waals surface area contributed by atoms with Crippen LogP contribution in [0.25, 0.3) is 0 Å². The van der Waals surface area contributed by atoms with E-state index in [0.717, 1.165) is 12.8 Å². The molecule has 9 heteroatoms. The van der Waals surface area contributed by atoms with Crippen molar-refractivity contribution in [3.63, 3.8) is 0 Å². The Morgan fingerprint density at radius 1 is 1.29 bits per heavy atom. The molecule has 1 amide bonds. The molecule has 0 bridgehead atoms. The second-order valence-corrected chi connectivity index (χ2v) is 7.29. The van der Waals surface area contributed by atoms with E-state index in [0.29, 0.717) is 30.8 Å². The first-order chi connectivity index (χ1) is 13.4. The molecule has 156 valence electrons. The Balaban J connectivity index is 1.83. The van der Waals surface area contributed by atoms with Crippen molar-refractivity contribution < 1.29 is 27.8 Å². The SMILES string of the molecule is CCCCOC(=O)N1CCc2nn3c(c2C1)C(F)(F)CCC(C(=O)OCC)C3. The quantitative estimate of drug-likeness (QED) is 0.561. The van der Waals surface area contributed by atoms with Crippen LogP contribution < -0.4 is 0 Å².